The minimum atomic E-state index is -1.16. The molecule has 0 radical (unpaired) electrons. The molecule has 2 aliphatic rings. The Morgan fingerprint density at radius 3 is 1.47 bits per heavy atom. The van der Waals surface area contributed by atoms with Crippen molar-refractivity contribution < 1.29 is 28.5 Å². The summed E-state index contributed by atoms with van der Waals surface area (Å²) in [7, 11) is -4.63. The van der Waals surface area contributed by atoms with Crippen molar-refractivity contribution in [3.05, 3.63) is 59.7 Å². The van der Waals surface area contributed by atoms with Gasteiger partial charge in [0.2, 0.25) is 0 Å². The molecule has 418 valence electrons. The van der Waals surface area contributed by atoms with E-state index in [1.807, 2.05) is 21.2 Å². The van der Waals surface area contributed by atoms with Gasteiger partial charge < -0.3 is 33.5 Å². The summed E-state index contributed by atoms with van der Waals surface area (Å²) in [4.78, 5) is 24.0. The highest BCUT2D eigenvalue weighted by molar-refractivity contribution is 6.77. The predicted molar refractivity (Wildman–Crippen MR) is 316 cm³/mol. The Kier molecular flexibility index (Phi) is 27.1. The number of hydrogen-bond donors (Lipinski definition) is 0. The van der Waals surface area contributed by atoms with Crippen LogP contribution in [0, 0.1) is 28.6 Å². The molecule has 3 unspecified atom stereocenters. The number of anilines is 2. The van der Waals surface area contributed by atoms with Crippen molar-refractivity contribution >= 4 is 61.2 Å². The van der Waals surface area contributed by atoms with Crippen LogP contribution in [0.15, 0.2) is 48.3 Å². The Morgan fingerprint density at radius 1 is 0.680 bits per heavy atom. The summed E-state index contributed by atoms with van der Waals surface area (Å²) in [5.74, 6) is 2.89. The molecule has 0 N–H and O–H groups in total. The summed E-state index contributed by atoms with van der Waals surface area (Å²) in [6.45, 7) is 37.0. The van der Waals surface area contributed by atoms with Gasteiger partial charge in [-0.1, -0.05) is 91.6 Å². The number of ether oxygens (including phenoxy) is 5. The molecule has 20 heteroatoms. The van der Waals surface area contributed by atoms with Crippen molar-refractivity contribution in [2.75, 3.05) is 69.8 Å². The summed E-state index contributed by atoms with van der Waals surface area (Å²) in [6.07, 6.45) is 12.0. The molecule has 4 aromatic rings. The van der Waals surface area contributed by atoms with Crippen LogP contribution in [0.5, 0.6) is 0 Å². The third-order valence-electron chi connectivity index (χ3n) is 13.0. The molecule has 0 bridgehead atoms. The molecule has 75 heavy (non-hydrogen) atoms. The van der Waals surface area contributed by atoms with E-state index in [1.54, 1.807) is 25.4 Å². The first-order valence-electron chi connectivity index (χ1n) is 27.0. The highest BCUT2D eigenvalue weighted by atomic mass is 28.3. The number of carbonyl (C=O) groups excluding carboxylic acids is 1. The Bertz CT molecular complexity index is 2400. The molecular weight excluding hydrogens is 1010 g/mol. The largest absolute Gasteiger partial charge is 0.466 e. The molecule has 4 aromatic heterocycles. The predicted octanol–water partition coefficient (Wildman–Crippen LogP) is 13.0. The first-order chi connectivity index (χ1) is 34.9. The molecule has 6 rings (SSSR count). The van der Waals surface area contributed by atoms with Gasteiger partial charge in [-0.3, -0.25) is 4.79 Å². The highest BCUT2D eigenvalue weighted by Crippen LogP contribution is 2.40. The maximum Gasteiger partial charge on any atom is 0.302 e. The highest BCUT2D eigenvalue weighted by Gasteiger charge is 2.29. The number of hydrogen-bond acceptors (Lipinski definition) is 14. The lowest BCUT2D eigenvalue weighted by Crippen LogP contribution is -2.33. The zero-order chi connectivity index (χ0) is 54.5. The van der Waals surface area contributed by atoms with Gasteiger partial charge in [0, 0.05) is 126 Å². The Labute approximate surface area is 455 Å². The number of nitriles is 2. The monoisotopic (exact) mass is 1100 g/mol. The third-order valence-corrected chi connectivity index (χ3v) is 19.9. The molecular formula is C55H96N10O6Si4. The van der Waals surface area contributed by atoms with Crippen molar-refractivity contribution in [2.45, 2.75) is 181 Å². The zero-order valence-electron chi connectivity index (χ0n) is 47.8. The maximum absolute atomic E-state index is 9.82. The molecule has 4 heterocycles. The fraction of sp³-hybridized carbons (Fsp3) is 0.691. The van der Waals surface area contributed by atoms with Crippen molar-refractivity contribution in [2.24, 2.45) is 5.92 Å². The molecule has 0 aromatic carbocycles. The van der Waals surface area contributed by atoms with E-state index in [2.05, 4.69) is 128 Å². The van der Waals surface area contributed by atoms with E-state index < -0.39 is 32.3 Å². The Morgan fingerprint density at radius 2 is 1.11 bits per heavy atom. The van der Waals surface area contributed by atoms with E-state index in [-0.39, 0.29) is 13.4 Å². The second-order valence-corrected chi connectivity index (χ2v) is 47.3. The Hall–Kier alpha value is -4.26. The topological polar surface area (TPSA) is 178 Å². The summed E-state index contributed by atoms with van der Waals surface area (Å²) in [5.41, 5.74) is 5.05. The van der Waals surface area contributed by atoms with E-state index >= 15 is 0 Å². The molecule has 2 fully saturated rings. The first kappa shape index (κ1) is 65.0. The number of allylic oxidation sites excluding steroid dienone is 2. The van der Waals surface area contributed by atoms with Crippen LogP contribution in [-0.4, -0.2) is 127 Å². The van der Waals surface area contributed by atoms with Gasteiger partial charge in [0.1, 0.15) is 38.6 Å². The van der Waals surface area contributed by atoms with Gasteiger partial charge in [-0.15, -0.1) is 0 Å². The first-order valence-corrected chi connectivity index (χ1v) is 41.8. The van der Waals surface area contributed by atoms with E-state index in [9.17, 15) is 4.79 Å². The molecule has 16 nitrogen and oxygen atoms in total. The average Bonchev–Trinajstić information content (AvgIpc) is 4.15. The van der Waals surface area contributed by atoms with Crippen LogP contribution in [0.25, 0.3) is 11.3 Å². The van der Waals surface area contributed by atoms with Gasteiger partial charge in [0.15, 0.2) is 11.3 Å². The lowest BCUT2D eigenvalue weighted by atomic mass is 9.99. The molecule has 2 saturated carbocycles. The molecule has 0 amide bonds. The van der Waals surface area contributed by atoms with Crippen LogP contribution >= 0.6 is 0 Å². The van der Waals surface area contributed by atoms with Crippen molar-refractivity contribution in [1.82, 2.24) is 29.2 Å². The van der Waals surface area contributed by atoms with Gasteiger partial charge >= 0.3 is 5.97 Å². The summed E-state index contributed by atoms with van der Waals surface area (Å²) in [5, 5.41) is 27.3. The SMILES string of the molecule is C.CCOC(C)=O.C[Si](C)(C)CCOCN(COCC[Si](C)(C)C)c1cc(C2CC/C(=C/C#N)C2)nc2ccnn12.C[Si](C)(C)CCOCN(COCC[Si](C)(C)C)c1cc(C2CCC(CC#N)C2)nc2ccnn12. The van der Waals surface area contributed by atoms with Crippen LogP contribution in [0.3, 0.4) is 0 Å². The van der Waals surface area contributed by atoms with Gasteiger partial charge in [-0.25, -0.2) is 9.97 Å². The summed E-state index contributed by atoms with van der Waals surface area (Å²) in [6, 6.07) is 17.3. The van der Waals surface area contributed by atoms with Crippen LogP contribution in [0.1, 0.15) is 89.4 Å². The molecule has 0 aliphatic heterocycles. The van der Waals surface area contributed by atoms with Gasteiger partial charge in [0.05, 0.1) is 31.1 Å². The standard InChI is InChI=1S/C25H43N5O2Si2.C25H41N5O2Si2.C4H8O2.CH4/c2*1-33(2,3)15-13-31-19-29(20-32-14-16-34(4,5)6)25-18-23(28-24-10-12-27-30(24)25)22-8-7-21(17-22)9-11-26;1-3-6-4(2)5;/h10,12,18,21-22H,7-9,13-17,19-20H2,1-6H3;9-10,12,18,22H,7-8,13-17,19-20H2,1-6H3;3H2,1-2H3;1H4/b;21-9-;;. The third kappa shape index (κ3) is 24.3. The molecule has 0 saturated heterocycles. The number of carbonyl (C=O) groups is 1. The lowest BCUT2D eigenvalue weighted by Gasteiger charge is -2.27. The van der Waals surface area contributed by atoms with Gasteiger partial charge in [0.25, 0.3) is 0 Å². The molecule has 2 aliphatic carbocycles. The minimum absolute atomic E-state index is 0. The van der Waals surface area contributed by atoms with Gasteiger partial charge in [-0.2, -0.15) is 29.8 Å². The number of fused-ring (bicyclic) bond motifs is 2. The van der Waals surface area contributed by atoms with Crippen molar-refractivity contribution in [3.8, 4) is 12.1 Å². The normalized spacial score (nSPS) is 17.4. The minimum Gasteiger partial charge on any atom is -0.466 e. The summed E-state index contributed by atoms with van der Waals surface area (Å²) < 4.78 is 32.8. The second-order valence-electron chi connectivity index (χ2n) is 24.8. The molecule has 0 spiro atoms. The van der Waals surface area contributed by atoms with Crippen LogP contribution in [-0.2, 0) is 28.5 Å². The number of rotatable bonds is 26. The average molecular weight is 1110 g/mol. The fourth-order valence-corrected chi connectivity index (χ4v) is 11.5. The van der Waals surface area contributed by atoms with E-state index in [0.717, 1.165) is 123 Å². The van der Waals surface area contributed by atoms with Gasteiger partial charge in [-0.05, 0) is 75.5 Å². The van der Waals surface area contributed by atoms with E-state index in [1.165, 1.54) is 12.5 Å². The quantitative estimate of drug-likeness (QED) is 0.0191. The summed E-state index contributed by atoms with van der Waals surface area (Å²) >= 11 is 0. The van der Waals surface area contributed by atoms with Crippen LogP contribution in [0.4, 0.5) is 11.6 Å². The number of nitrogens with zero attached hydrogens (tertiary/aromatic N) is 10. The fourth-order valence-electron chi connectivity index (χ4n) is 8.47. The smallest absolute Gasteiger partial charge is 0.302 e. The zero-order valence-corrected chi connectivity index (χ0v) is 51.8. The van der Waals surface area contributed by atoms with Crippen LogP contribution < -0.4 is 9.80 Å². The second kappa shape index (κ2) is 31.2. The van der Waals surface area contributed by atoms with Crippen molar-refractivity contribution in [1.29, 1.82) is 10.5 Å². The molecule has 3 atom stereocenters. The van der Waals surface area contributed by atoms with Crippen molar-refractivity contribution in [3.63, 3.8) is 0 Å². The van der Waals surface area contributed by atoms with E-state index in [4.69, 9.17) is 39.4 Å². The number of aromatic nitrogens is 6. The van der Waals surface area contributed by atoms with Crippen LogP contribution in [0.2, 0.25) is 103 Å². The Balaban J connectivity index is 0.000000352. The maximum atomic E-state index is 9.82. The number of esters is 1. The van der Waals surface area contributed by atoms with E-state index in [0.29, 0.717) is 57.7 Å². The lowest BCUT2D eigenvalue weighted by molar-refractivity contribution is -0.140.